The Morgan fingerprint density at radius 1 is 1.19 bits per heavy atom. The fourth-order valence-electron chi connectivity index (χ4n) is 1.65. The summed E-state index contributed by atoms with van der Waals surface area (Å²) in [4.78, 5) is 21.7. The van der Waals surface area contributed by atoms with Crippen LogP contribution < -0.4 is 5.32 Å². The standard InChI is InChI=1S/C15H12N2O4/c18-14-3-1-2-12(10-14)16-15(19)9-6-11-4-7-13(8-5-11)17(20)21/h1-10,18H,(H,16,19)/b9-6+. The van der Waals surface area contributed by atoms with E-state index in [-0.39, 0.29) is 17.3 Å². The van der Waals surface area contributed by atoms with Crippen LogP contribution in [0.25, 0.3) is 6.08 Å². The molecule has 2 aromatic rings. The Kier molecular flexibility index (Phi) is 4.30. The van der Waals surface area contributed by atoms with E-state index < -0.39 is 4.92 Å². The van der Waals surface area contributed by atoms with Crippen molar-refractivity contribution in [2.24, 2.45) is 0 Å². The van der Waals surface area contributed by atoms with Crippen LogP contribution in [0.15, 0.2) is 54.6 Å². The van der Waals surface area contributed by atoms with Crippen molar-refractivity contribution in [2.75, 3.05) is 5.32 Å². The second kappa shape index (κ2) is 6.33. The number of rotatable bonds is 4. The molecule has 0 spiro atoms. The number of nitro groups is 1. The maximum Gasteiger partial charge on any atom is 0.269 e. The first-order valence-electron chi connectivity index (χ1n) is 6.07. The van der Waals surface area contributed by atoms with Gasteiger partial charge in [-0.1, -0.05) is 6.07 Å². The molecule has 21 heavy (non-hydrogen) atoms. The van der Waals surface area contributed by atoms with Gasteiger partial charge in [-0.25, -0.2) is 0 Å². The molecule has 2 aromatic carbocycles. The number of nitrogens with zero attached hydrogens (tertiary/aromatic N) is 1. The summed E-state index contributed by atoms with van der Waals surface area (Å²) in [6.45, 7) is 0. The molecule has 0 aliphatic heterocycles. The summed E-state index contributed by atoms with van der Waals surface area (Å²) in [5.74, 6) is -0.300. The van der Waals surface area contributed by atoms with E-state index in [1.807, 2.05) is 0 Å². The highest BCUT2D eigenvalue weighted by atomic mass is 16.6. The molecule has 0 aromatic heterocycles. The van der Waals surface area contributed by atoms with Crippen molar-refractivity contribution in [2.45, 2.75) is 0 Å². The lowest BCUT2D eigenvalue weighted by molar-refractivity contribution is -0.384. The van der Waals surface area contributed by atoms with Gasteiger partial charge in [-0.3, -0.25) is 14.9 Å². The summed E-state index contributed by atoms with van der Waals surface area (Å²) < 4.78 is 0. The summed E-state index contributed by atoms with van der Waals surface area (Å²) >= 11 is 0. The predicted octanol–water partition coefficient (Wildman–Crippen LogP) is 2.95. The van der Waals surface area contributed by atoms with Gasteiger partial charge in [0.2, 0.25) is 5.91 Å². The zero-order chi connectivity index (χ0) is 15.2. The van der Waals surface area contributed by atoms with Gasteiger partial charge in [0, 0.05) is 30.0 Å². The molecule has 2 rings (SSSR count). The van der Waals surface area contributed by atoms with Gasteiger partial charge in [0.15, 0.2) is 0 Å². The molecule has 0 aliphatic rings. The lowest BCUT2D eigenvalue weighted by atomic mass is 10.2. The molecule has 0 heterocycles. The van der Waals surface area contributed by atoms with Gasteiger partial charge in [-0.15, -0.1) is 0 Å². The van der Waals surface area contributed by atoms with Crippen LogP contribution in [-0.4, -0.2) is 15.9 Å². The molecule has 2 N–H and O–H groups in total. The quantitative estimate of drug-likeness (QED) is 0.513. The second-order valence-corrected chi connectivity index (χ2v) is 4.22. The Labute approximate surface area is 120 Å². The smallest absolute Gasteiger partial charge is 0.269 e. The molecular formula is C15H12N2O4. The largest absolute Gasteiger partial charge is 0.508 e. The number of amides is 1. The number of nitro benzene ring substituents is 1. The van der Waals surface area contributed by atoms with E-state index in [2.05, 4.69) is 5.32 Å². The Morgan fingerprint density at radius 2 is 1.90 bits per heavy atom. The normalized spacial score (nSPS) is 10.5. The maximum atomic E-state index is 11.7. The number of nitrogens with one attached hydrogen (secondary N) is 1. The van der Waals surface area contributed by atoms with Crippen molar-refractivity contribution in [3.8, 4) is 5.75 Å². The minimum Gasteiger partial charge on any atom is -0.508 e. The van der Waals surface area contributed by atoms with Crippen LogP contribution in [0.4, 0.5) is 11.4 Å². The highest BCUT2D eigenvalue weighted by Gasteiger charge is 2.03. The molecule has 0 atom stereocenters. The third kappa shape index (κ3) is 4.17. The number of benzene rings is 2. The van der Waals surface area contributed by atoms with Gasteiger partial charge in [0.1, 0.15) is 5.75 Å². The maximum absolute atomic E-state index is 11.7. The summed E-state index contributed by atoms with van der Waals surface area (Å²) in [7, 11) is 0. The molecular weight excluding hydrogens is 272 g/mol. The van der Waals surface area contributed by atoms with Crippen LogP contribution in [-0.2, 0) is 4.79 Å². The second-order valence-electron chi connectivity index (χ2n) is 4.22. The molecule has 0 saturated carbocycles. The van der Waals surface area contributed by atoms with Gasteiger partial charge < -0.3 is 10.4 Å². The van der Waals surface area contributed by atoms with E-state index in [4.69, 9.17) is 0 Å². The van der Waals surface area contributed by atoms with E-state index in [1.54, 1.807) is 30.3 Å². The van der Waals surface area contributed by atoms with E-state index in [0.29, 0.717) is 11.3 Å². The third-order valence-electron chi connectivity index (χ3n) is 2.64. The minimum absolute atomic E-state index is 0.00337. The highest BCUT2D eigenvalue weighted by Crippen LogP contribution is 2.16. The summed E-state index contributed by atoms with van der Waals surface area (Å²) in [6.07, 6.45) is 2.85. The SMILES string of the molecule is O=C(/C=C/c1ccc([N+](=O)[O-])cc1)Nc1cccc(O)c1. The monoisotopic (exact) mass is 284 g/mol. The highest BCUT2D eigenvalue weighted by molar-refractivity contribution is 6.02. The first kappa shape index (κ1) is 14.3. The Morgan fingerprint density at radius 3 is 2.52 bits per heavy atom. The van der Waals surface area contributed by atoms with Gasteiger partial charge in [0.05, 0.1) is 4.92 Å². The molecule has 106 valence electrons. The molecule has 0 unspecified atom stereocenters. The van der Waals surface area contributed by atoms with Crippen molar-refractivity contribution in [3.63, 3.8) is 0 Å². The van der Waals surface area contributed by atoms with Gasteiger partial charge in [0.25, 0.3) is 5.69 Å². The number of carbonyl (C=O) groups excluding carboxylic acids is 1. The fourth-order valence-corrected chi connectivity index (χ4v) is 1.65. The number of non-ortho nitro benzene ring substituents is 1. The number of hydrogen-bond acceptors (Lipinski definition) is 4. The number of hydrogen-bond donors (Lipinski definition) is 2. The molecule has 6 heteroatoms. The topological polar surface area (TPSA) is 92.5 Å². The summed E-state index contributed by atoms with van der Waals surface area (Å²) in [5.41, 5.74) is 1.15. The summed E-state index contributed by atoms with van der Waals surface area (Å²) in [6, 6.07) is 12.0. The molecule has 6 nitrogen and oxygen atoms in total. The average Bonchev–Trinajstić information content (AvgIpc) is 2.45. The zero-order valence-electron chi connectivity index (χ0n) is 10.9. The van der Waals surface area contributed by atoms with Crippen molar-refractivity contribution in [3.05, 3.63) is 70.3 Å². The van der Waals surface area contributed by atoms with E-state index in [1.165, 1.54) is 30.3 Å². The molecule has 0 saturated heterocycles. The molecule has 0 radical (unpaired) electrons. The van der Waals surface area contributed by atoms with E-state index >= 15 is 0 Å². The van der Waals surface area contributed by atoms with Crippen LogP contribution in [0.1, 0.15) is 5.56 Å². The Balaban J connectivity index is 2.00. The molecule has 1 amide bonds. The molecule has 0 aliphatic carbocycles. The lowest BCUT2D eigenvalue weighted by Crippen LogP contribution is -2.07. The van der Waals surface area contributed by atoms with Crippen molar-refractivity contribution in [1.82, 2.24) is 0 Å². The van der Waals surface area contributed by atoms with E-state index in [0.717, 1.165) is 0 Å². The van der Waals surface area contributed by atoms with E-state index in [9.17, 15) is 20.0 Å². The minimum atomic E-state index is -0.484. The van der Waals surface area contributed by atoms with Crippen LogP contribution in [0, 0.1) is 10.1 Å². The van der Waals surface area contributed by atoms with Gasteiger partial charge in [-0.2, -0.15) is 0 Å². The van der Waals surface area contributed by atoms with Gasteiger partial charge in [-0.05, 0) is 35.9 Å². The number of aromatic hydroxyl groups is 1. The average molecular weight is 284 g/mol. The number of carbonyl (C=O) groups is 1. The van der Waals surface area contributed by atoms with Gasteiger partial charge >= 0.3 is 0 Å². The molecule has 0 fully saturated rings. The fraction of sp³-hybridized carbons (Fsp3) is 0. The van der Waals surface area contributed by atoms with Crippen LogP contribution in [0.2, 0.25) is 0 Å². The molecule has 0 bridgehead atoms. The van der Waals surface area contributed by atoms with Crippen LogP contribution >= 0.6 is 0 Å². The zero-order valence-corrected chi connectivity index (χ0v) is 10.9. The Bertz CT molecular complexity index is 693. The summed E-state index contributed by atoms with van der Waals surface area (Å²) in [5, 5.41) is 22.4. The first-order valence-corrected chi connectivity index (χ1v) is 6.07. The first-order chi connectivity index (χ1) is 10.0. The third-order valence-corrected chi connectivity index (χ3v) is 2.64. The number of phenols is 1. The van der Waals surface area contributed by atoms with Crippen molar-refractivity contribution in [1.29, 1.82) is 0 Å². The predicted molar refractivity (Wildman–Crippen MR) is 78.9 cm³/mol. The van der Waals surface area contributed by atoms with Crippen LogP contribution in [0.5, 0.6) is 5.75 Å². The Hall–Kier alpha value is -3.15. The van der Waals surface area contributed by atoms with Crippen molar-refractivity contribution < 1.29 is 14.8 Å². The number of phenolic OH excluding ortho intramolecular Hbond substituents is 1. The lowest BCUT2D eigenvalue weighted by Gasteiger charge is -2.02. The number of anilines is 1. The van der Waals surface area contributed by atoms with Crippen LogP contribution in [0.3, 0.4) is 0 Å². The van der Waals surface area contributed by atoms with Crippen molar-refractivity contribution >= 4 is 23.4 Å².